The summed E-state index contributed by atoms with van der Waals surface area (Å²) in [5.41, 5.74) is 2.73. The van der Waals surface area contributed by atoms with Gasteiger partial charge in [-0.2, -0.15) is 10.2 Å². The third-order valence-electron chi connectivity index (χ3n) is 5.59. The van der Waals surface area contributed by atoms with Crippen LogP contribution < -0.4 is 4.90 Å². The van der Waals surface area contributed by atoms with Crippen LogP contribution in [0.5, 0.6) is 0 Å². The van der Waals surface area contributed by atoms with Gasteiger partial charge < -0.3 is 13.8 Å². The molecule has 0 aromatic heterocycles. The molecule has 0 aliphatic rings. The summed E-state index contributed by atoms with van der Waals surface area (Å²) in [6.45, 7) is 25.2. The van der Waals surface area contributed by atoms with Crippen LogP contribution in [0.4, 0.5) is 22.7 Å². The minimum Gasteiger partial charge on any atom is -0.415 e. The SMILES string of the molecule is Cc1cc(N(C(C)(C)CO[Si]C(C)(C)C)C(C)(C)CO[Si]C(C)(C)C)ccc1N=Nc1ccc([N+](=O)[O-])cc1. The molecule has 10 heteroatoms. The van der Waals surface area contributed by atoms with Gasteiger partial charge in [-0.15, -0.1) is 0 Å². The molecule has 8 nitrogen and oxygen atoms in total. The molecule has 0 aliphatic carbocycles. The monoisotopic (exact) mass is 568 g/mol. The van der Waals surface area contributed by atoms with Crippen LogP contribution in [0.1, 0.15) is 74.8 Å². The summed E-state index contributed by atoms with van der Waals surface area (Å²) in [4.78, 5) is 12.9. The summed E-state index contributed by atoms with van der Waals surface area (Å²) in [7, 11) is 0.800. The van der Waals surface area contributed by atoms with Gasteiger partial charge in [-0.1, -0.05) is 41.5 Å². The Bertz CT molecular complexity index is 1110. The molecule has 0 saturated heterocycles. The zero-order chi connectivity index (χ0) is 29.6. The number of hydrogen-bond donors (Lipinski definition) is 0. The van der Waals surface area contributed by atoms with Gasteiger partial charge in [0.1, 0.15) is 0 Å². The van der Waals surface area contributed by atoms with Crippen molar-refractivity contribution in [2.75, 3.05) is 18.1 Å². The Kier molecular flexibility index (Phi) is 10.8. The normalized spacial score (nSPS) is 13.2. The lowest BCUT2D eigenvalue weighted by Gasteiger charge is -2.50. The van der Waals surface area contributed by atoms with Gasteiger partial charge in [-0.3, -0.25) is 10.1 Å². The molecule has 0 N–H and O–H groups in total. The van der Waals surface area contributed by atoms with Crippen molar-refractivity contribution in [2.24, 2.45) is 10.2 Å². The van der Waals surface area contributed by atoms with Gasteiger partial charge in [-0.25, -0.2) is 0 Å². The number of anilines is 1. The molecule has 0 amide bonds. The lowest BCUT2D eigenvalue weighted by molar-refractivity contribution is -0.384. The first-order valence-electron chi connectivity index (χ1n) is 13.2. The van der Waals surface area contributed by atoms with Crippen molar-refractivity contribution in [2.45, 2.75) is 97.3 Å². The molecule has 0 atom stereocenters. The van der Waals surface area contributed by atoms with Crippen molar-refractivity contribution in [3.8, 4) is 0 Å². The average Bonchev–Trinajstić information content (AvgIpc) is 2.76. The molecule has 4 radical (unpaired) electrons. The molecule has 0 heterocycles. The number of hydrogen-bond acceptors (Lipinski definition) is 7. The maximum absolute atomic E-state index is 10.9. The zero-order valence-electron chi connectivity index (χ0n) is 25.4. The summed E-state index contributed by atoms with van der Waals surface area (Å²) in [5.74, 6) is 0. The van der Waals surface area contributed by atoms with Crippen molar-refractivity contribution < 1.29 is 13.8 Å². The number of aryl methyl sites for hydroxylation is 1. The predicted octanol–water partition coefficient (Wildman–Crippen LogP) is 8.39. The molecule has 0 saturated carbocycles. The largest absolute Gasteiger partial charge is 0.415 e. The number of benzene rings is 2. The van der Waals surface area contributed by atoms with Crippen LogP contribution in [0.3, 0.4) is 0 Å². The van der Waals surface area contributed by atoms with Gasteiger partial charge in [0.05, 0.1) is 40.6 Å². The van der Waals surface area contributed by atoms with Gasteiger partial charge in [0.25, 0.3) is 5.69 Å². The number of nitro benzene ring substituents is 1. The first-order valence-corrected chi connectivity index (χ1v) is 15.0. The third kappa shape index (κ3) is 10.6. The van der Waals surface area contributed by atoms with Crippen molar-refractivity contribution in [3.63, 3.8) is 0 Å². The molecule has 0 fully saturated rings. The maximum Gasteiger partial charge on any atom is 0.269 e. The van der Waals surface area contributed by atoms with E-state index in [9.17, 15) is 10.1 Å². The Morgan fingerprint density at radius 3 is 1.69 bits per heavy atom. The summed E-state index contributed by atoms with van der Waals surface area (Å²) < 4.78 is 12.5. The second-order valence-electron chi connectivity index (χ2n) is 13.2. The first kappa shape index (κ1) is 32.8. The molecular formula is C29H44N4O4Si2. The highest BCUT2D eigenvalue weighted by molar-refractivity contribution is 6.32. The fourth-order valence-corrected chi connectivity index (χ4v) is 5.87. The topological polar surface area (TPSA) is 89.6 Å². The van der Waals surface area contributed by atoms with Crippen LogP contribution in [0.15, 0.2) is 52.7 Å². The maximum atomic E-state index is 10.9. The number of nitro groups is 1. The highest BCUT2D eigenvalue weighted by atomic mass is 28.2. The smallest absolute Gasteiger partial charge is 0.269 e. The van der Waals surface area contributed by atoms with Crippen LogP contribution in [0.2, 0.25) is 10.1 Å². The fraction of sp³-hybridized carbons (Fsp3) is 0.586. The quantitative estimate of drug-likeness (QED) is 0.111. The highest BCUT2D eigenvalue weighted by Crippen LogP contribution is 2.37. The number of rotatable bonds is 12. The minimum absolute atomic E-state index is 0.0267. The number of nitrogens with zero attached hydrogens (tertiary/aromatic N) is 4. The minimum atomic E-state index is -0.429. The van der Waals surface area contributed by atoms with Crippen molar-refractivity contribution >= 4 is 42.3 Å². The molecule has 0 bridgehead atoms. The molecule has 2 aromatic carbocycles. The van der Waals surface area contributed by atoms with Crippen LogP contribution >= 0.6 is 0 Å². The molecular weight excluding hydrogens is 525 g/mol. The second-order valence-corrected chi connectivity index (χ2v) is 17.2. The fourth-order valence-electron chi connectivity index (χ4n) is 4.15. The van der Waals surface area contributed by atoms with Gasteiger partial charge in [0.15, 0.2) is 0 Å². The zero-order valence-corrected chi connectivity index (χ0v) is 27.4. The second kappa shape index (κ2) is 12.8. The Hall–Kier alpha value is -2.41. The van der Waals surface area contributed by atoms with E-state index < -0.39 is 4.92 Å². The summed E-state index contributed by atoms with van der Waals surface area (Å²) in [5, 5.41) is 19.8. The molecule has 0 spiro atoms. The molecule has 0 unspecified atom stereocenters. The molecule has 0 aliphatic heterocycles. The first-order chi connectivity index (χ1) is 17.8. The van der Waals surface area contributed by atoms with Gasteiger partial charge in [0.2, 0.25) is 19.5 Å². The summed E-state index contributed by atoms with van der Waals surface area (Å²) >= 11 is 0. The van der Waals surface area contributed by atoms with E-state index in [0.717, 1.165) is 16.9 Å². The van der Waals surface area contributed by atoms with Crippen molar-refractivity contribution in [3.05, 3.63) is 58.1 Å². The summed E-state index contributed by atoms with van der Waals surface area (Å²) in [6, 6.07) is 12.2. The van der Waals surface area contributed by atoms with Crippen molar-refractivity contribution in [1.29, 1.82) is 0 Å². The number of azo groups is 1. The molecule has 212 valence electrons. The van der Waals surface area contributed by atoms with Crippen LogP contribution in [-0.2, 0) is 8.85 Å². The van der Waals surface area contributed by atoms with Crippen LogP contribution in [0, 0.1) is 17.0 Å². The Balaban J connectivity index is 2.36. The van der Waals surface area contributed by atoms with E-state index in [-0.39, 0.29) is 26.8 Å². The lowest BCUT2D eigenvalue weighted by atomic mass is 9.92. The Labute approximate surface area is 239 Å². The van der Waals surface area contributed by atoms with E-state index in [2.05, 4.69) is 96.5 Å². The van der Waals surface area contributed by atoms with E-state index in [0.29, 0.717) is 38.4 Å². The Morgan fingerprint density at radius 2 is 1.28 bits per heavy atom. The lowest BCUT2D eigenvalue weighted by Crippen LogP contribution is -2.60. The van der Waals surface area contributed by atoms with Gasteiger partial charge in [0, 0.05) is 17.8 Å². The van der Waals surface area contributed by atoms with E-state index in [1.165, 1.54) is 12.1 Å². The molecule has 2 rings (SSSR count). The highest BCUT2D eigenvalue weighted by Gasteiger charge is 2.39. The van der Waals surface area contributed by atoms with E-state index >= 15 is 0 Å². The van der Waals surface area contributed by atoms with E-state index in [1.54, 1.807) is 12.1 Å². The molecule has 39 heavy (non-hydrogen) atoms. The van der Waals surface area contributed by atoms with E-state index in [1.807, 2.05) is 13.0 Å². The van der Waals surface area contributed by atoms with Crippen LogP contribution in [0.25, 0.3) is 0 Å². The van der Waals surface area contributed by atoms with Gasteiger partial charge in [-0.05, 0) is 80.6 Å². The van der Waals surface area contributed by atoms with Crippen molar-refractivity contribution in [1.82, 2.24) is 0 Å². The third-order valence-corrected chi connectivity index (χ3v) is 7.39. The van der Waals surface area contributed by atoms with Crippen LogP contribution in [-0.4, -0.2) is 48.7 Å². The molecule has 2 aromatic rings. The van der Waals surface area contributed by atoms with E-state index in [4.69, 9.17) is 8.85 Å². The standard InChI is InChI=1S/C29H44N4O4Si2/c1-21-18-24(16-17-25(21)31-30-22-12-14-23(15-13-22)33(34)35)32(28(8,9)19-36-38-26(2,3)4)29(10,11)20-37-39-27(5,6)7/h12-18H,19-20H2,1-11H3. The summed E-state index contributed by atoms with van der Waals surface area (Å²) in [6.07, 6.45) is 0. The number of non-ortho nitro benzene ring substituents is 1. The Morgan fingerprint density at radius 1 is 0.795 bits per heavy atom. The predicted molar refractivity (Wildman–Crippen MR) is 162 cm³/mol. The van der Waals surface area contributed by atoms with Gasteiger partial charge >= 0.3 is 0 Å². The average molecular weight is 569 g/mol.